The van der Waals surface area contributed by atoms with E-state index in [1.54, 1.807) is 11.8 Å². The summed E-state index contributed by atoms with van der Waals surface area (Å²) >= 11 is 3.13. The first kappa shape index (κ1) is 16.3. The van der Waals surface area contributed by atoms with Crippen molar-refractivity contribution in [3.05, 3.63) is 57.2 Å². The molecule has 0 saturated heterocycles. The van der Waals surface area contributed by atoms with Gasteiger partial charge in [0.25, 0.3) is 5.56 Å². The van der Waals surface area contributed by atoms with Crippen LogP contribution in [0.15, 0.2) is 45.7 Å². The SMILES string of the molecule is CCCCn1c(SCc2ccc(C)cc2)nc2ccsc2c1=O. The molecule has 0 aliphatic rings. The van der Waals surface area contributed by atoms with Crippen LogP contribution in [0, 0.1) is 6.92 Å². The Bertz CT molecular complexity index is 850. The van der Waals surface area contributed by atoms with E-state index in [-0.39, 0.29) is 5.56 Å². The first-order valence-electron chi connectivity index (χ1n) is 7.85. The number of thiophene rings is 1. The van der Waals surface area contributed by atoms with E-state index in [2.05, 4.69) is 38.1 Å². The van der Waals surface area contributed by atoms with Gasteiger partial charge in [0.1, 0.15) is 4.70 Å². The first-order valence-corrected chi connectivity index (χ1v) is 9.72. The molecule has 1 aromatic carbocycles. The van der Waals surface area contributed by atoms with Crippen LogP contribution in [0.4, 0.5) is 0 Å². The summed E-state index contributed by atoms with van der Waals surface area (Å²) in [6.07, 6.45) is 2.06. The van der Waals surface area contributed by atoms with E-state index in [9.17, 15) is 4.79 Å². The molecule has 0 spiro atoms. The Morgan fingerprint density at radius 1 is 1.22 bits per heavy atom. The van der Waals surface area contributed by atoms with Gasteiger partial charge in [-0.2, -0.15) is 0 Å². The van der Waals surface area contributed by atoms with Gasteiger partial charge in [-0.25, -0.2) is 4.98 Å². The summed E-state index contributed by atoms with van der Waals surface area (Å²) in [6, 6.07) is 10.5. The second-order valence-corrected chi connectivity index (χ2v) is 7.47. The molecule has 3 rings (SSSR count). The quantitative estimate of drug-likeness (QED) is 0.473. The Balaban J connectivity index is 1.91. The summed E-state index contributed by atoms with van der Waals surface area (Å²) in [5.74, 6) is 0.828. The smallest absolute Gasteiger partial charge is 0.272 e. The third-order valence-corrected chi connectivity index (χ3v) is 5.69. The van der Waals surface area contributed by atoms with E-state index in [4.69, 9.17) is 4.98 Å². The number of thioether (sulfide) groups is 1. The number of aryl methyl sites for hydroxylation is 1. The summed E-state index contributed by atoms with van der Waals surface area (Å²) in [5, 5.41) is 2.77. The second-order valence-electron chi connectivity index (χ2n) is 5.61. The highest BCUT2D eigenvalue weighted by Crippen LogP contribution is 2.24. The topological polar surface area (TPSA) is 34.9 Å². The number of aromatic nitrogens is 2. The maximum atomic E-state index is 12.7. The van der Waals surface area contributed by atoms with Crippen molar-refractivity contribution in [2.75, 3.05) is 0 Å². The van der Waals surface area contributed by atoms with Crippen molar-refractivity contribution >= 4 is 33.3 Å². The second kappa shape index (κ2) is 7.32. The predicted octanol–water partition coefficient (Wildman–Crippen LogP) is 4.86. The molecule has 0 bridgehead atoms. The van der Waals surface area contributed by atoms with Crippen molar-refractivity contribution < 1.29 is 0 Å². The molecule has 0 fully saturated rings. The number of fused-ring (bicyclic) bond motifs is 1. The highest BCUT2D eigenvalue weighted by Gasteiger charge is 2.12. The van der Waals surface area contributed by atoms with Crippen LogP contribution in [-0.4, -0.2) is 9.55 Å². The zero-order valence-electron chi connectivity index (χ0n) is 13.4. The molecular formula is C18H20N2OS2. The van der Waals surface area contributed by atoms with E-state index in [1.165, 1.54) is 22.5 Å². The molecule has 5 heteroatoms. The van der Waals surface area contributed by atoms with Crippen LogP contribution in [0.25, 0.3) is 10.2 Å². The molecule has 0 atom stereocenters. The van der Waals surface area contributed by atoms with Crippen LogP contribution >= 0.6 is 23.1 Å². The van der Waals surface area contributed by atoms with Crippen molar-refractivity contribution in [3.8, 4) is 0 Å². The molecule has 0 radical (unpaired) electrons. The van der Waals surface area contributed by atoms with E-state index < -0.39 is 0 Å². The van der Waals surface area contributed by atoms with Crippen molar-refractivity contribution in [3.63, 3.8) is 0 Å². The fourth-order valence-electron chi connectivity index (χ4n) is 2.38. The zero-order chi connectivity index (χ0) is 16.2. The minimum atomic E-state index is 0.102. The van der Waals surface area contributed by atoms with Crippen molar-refractivity contribution in [1.29, 1.82) is 0 Å². The summed E-state index contributed by atoms with van der Waals surface area (Å²) in [5.41, 5.74) is 3.43. The lowest BCUT2D eigenvalue weighted by Crippen LogP contribution is -2.22. The molecule has 0 aliphatic heterocycles. The highest BCUT2D eigenvalue weighted by atomic mass is 32.2. The van der Waals surface area contributed by atoms with Gasteiger partial charge in [0, 0.05) is 12.3 Å². The largest absolute Gasteiger partial charge is 0.286 e. The lowest BCUT2D eigenvalue weighted by molar-refractivity contribution is 0.558. The van der Waals surface area contributed by atoms with Gasteiger partial charge >= 0.3 is 0 Å². The summed E-state index contributed by atoms with van der Waals surface area (Å²) in [6.45, 7) is 4.97. The third-order valence-electron chi connectivity index (χ3n) is 3.75. The minimum Gasteiger partial charge on any atom is -0.286 e. The van der Waals surface area contributed by atoms with E-state index in [0.717, 1.165) is 40.5 Å². The average Bonchev–Trinajstić information content (AvgIpc) is 3.02. The van der Waals surface area contributed by atoms with Crippen LogP contribution < -0.4 is 5.56 Å². The Hall–Kier alpha value is -1.59. The molecule has 0 unspecified atom stereocenters. The third kappa shape index (κ3) is 3.67. The fraction of sp³-hybridized carbons (Fsp3) is 0.333. The molecule has 2 heterocycles. The van der Waals surface area contributed by atoms with Gasteiger partial charge in [-0.1, -0.05) is 54.9 Å². The number of hydrogen-bond donors (Lipinski definition) is 0. The monoisotopic (exact) mass is 344 g/mol. The summed E-state index contributed by atoms with van der Waals surface area (Å²) < 4.78 is 2.61. The molecular weight excluding hydrogens is 324 g/mol. The van der Waals surface area contributed by atoms with Gasteiger partial charge in [-0.15, -0.1) is 11.3 Å². The van der Waals surface area contributed by atoms with Gasteiger partial charge in [0.15, 0.2) is 5.16 Å². The molecule has 120 valence electrons. The van der Waals surface area contributed by atoms with Gasteiger partial charge in [0.05, 0.1) is 5.52 Å². The maximum absolute atomic E-state index is 12.7. The van der Waals surface area contributed by atoms with Crippen LogP contribution in [-0.2, 0) is 12.3 Å². The normalized spacial score (nSPS) is 11.2. The standard InChI is InChI=1S/C18H20N2OS2/c1-3-4-10-20-17(21)16-15(9-11-22-16)19-18(20)23-12-14-7-5-13(2)6-8-14/h5-9,11H,3-4,10,12H2,1-2H3. The lowest BCUT2D eigenvalue weighted by atomic mass is 10.2. The van der Waals surface area contributed by atoms with Gasteiger partial charge in [-0.05, 0) is 30.4 Å². The van der Waals surface area contributed by atoms with Crippen molar-refractivity contribution in [2.24, 2.45) is 0 Å². The molecule has 0 aliphatic carbocycles. The Morgan fingerprint density at radius 3 is 2.74 bits per heavy atom. The fourth-order valence-corrected chi connectivity index (χ4v) is 4.14. The van der Waals surface area contributed by atoms with Crippen LogP contribution in [0.3, 0.4) is 0 Å². The minimum absolute atomic E-state index is 0.102. The summed E-state index contributed by atoms with van der Waals surface area (Å²) in [4.78, 5) is 17.4. The van der Waals surface area contributed by atoms with Crippen molar-refractivity contribution in [2.45, 2.75) is 44.1 Å². The summed E-state index contributed by atoms with van der Waals surface area (Å²) in [7, 11) is 0. The number of unbranched alkanes of at least 4 members (excludes halogenated alkanes) is 1. The predicted molar refractivity (Wildman–Crippen MR) is 99.5 cm³/mol. The molecule has 0 N–H and O–H groups in total. The molecule has 23 heavy (non-hydrogen) atoms. The zero-order valence-corrected chi connectivity index (χ0v) is 15.0. The Morgan fingerprint density at radius 2 is 2.00 bits per heavy atom. The van der Waals surface area contributed by atoms with Crippen LogP contribution in [0.5, 0.6) is 0 Å². The van der Waals surface area contributed by atoms with E-state index in [0.29, 0.717) is 0 Å². The average molecular weight is 345 g/mol. The Labute approximate surface area is 144 Å². The van der Waals surface area contributed by atoms with Gasteiger partial charge < -0.3 is 0 Å². The number of rotatable bonds is 6. The lowest BCUT2D eigenvalue weighted by Gasteiger charge is -2.11. The molecule has 0 amide bonds. The molecule has 2 aromatic heterocycles. The van der Waals surface area contributed by atoms with Gasteiger partial charge in [0.2, 0.25) is 0 Å². The van der Waals surface area contributed by atoms with E-state index in [1.807, 2.05) is 16.0 Å². The van der Waals surface area contributed by atoms with Gasteiger partial charge in [-0.3, -0.25) is 9.36 Å². The van der Waals surface area contributed by atoms with Crippen molar-refractivity contribution in [1.82, 2.24) is 9.55 Å². The molecule has 0 saturated carbocycles. The van der Waals surface area contributed by atoms with Crippen LogP contribution in [0.2, 0.25) is 0 Å². The number of hydrogen-bond acceptors (Lipinski definition) is 4. The van der Waals surface area contributed by atoms with E-state index >= 15 is 0 Å². The molecule has 3 nitrogen and oxygen atoms in total. The number of nitrogens with zero attached hydrogens (tertiary/aromatic N) is 2. The Kier molecular flexibility index (Phi) is 5.18. The highest BCUT2D eigenvalue weighted by molar-refractivity contribution is 7.98. The van der Waals surface area contributed by atoms with Crippen LogP contribution in [0.1, 0.15) is 30.9 Å². The number of benzene rings is 1. The maximum Gasteiger partial charge on any atom is 0.272 e. The first-order chi connectivity index (χ1) is 11.2. The molecule has 3 aromatic rings.